The van der Waals surface area contributed by atoms with Gasteiger partial charge in [0.2, 0.25) is 0 Å². The van der Waals surface area contributed by atoms with Crippen LogP contribution < -0.4 is 5.32 Å². The lowest BCUT2D eigenvalue weighted by atomic mass is 9.93. The Morgan fingerprint density at radius 3 is 2.51 bits per heavy atom. The average Bonchev–Trinajstić information content (AvgIpc) is 3.16. The number of hydrogen-bond donors (Lipinski definition) is 1. The van der Waals surface area contributed by atoms with E-state index in [1.54, 1.807) is 0 Å². The molecule has 2 aromatic carbocycles. The molecule has 1 N–H and O–H groups in total. The van der Waals surface area contributed by atoms with Gasteiger partial charge in [-0.25, -0.2) is 0 Å². The van der Waals surface area contributed by atoms with Crippen LogP contribution in [0.2, 0.25) is 0 Å². The summed E-state index contributed by atoms with van der Waals surface area (Å²) in [6.45, 7) is 9.38. The van der Waals surface area contributed by atoms with Crippen LogP contribution in [0.4, 0.5) is 0 Å². The van der Waals surface area contributed by atoms with Gasteiger partial charge in [-0.2, -0.15) is 0 Å². The second kappa shape index (κ2) is 11.1. The van der Waals surface area contributed by atoms with E-state index < -0.39 is 0 Å². The van der Waals surface area contributed by atoms with E-state index in [9.17, 15) is 4.79 Å². The Hall–Kier alpha value is -2.43. The van der Waals surface area contributed by atoms with Crippen molar-refractivity contribution < 1.29 is 4.79 Å². The van der Waals surface area contributed by atoms with Crippen molar-refractivity contribution in [3.63, 3.8) is 0 Å². The van der Waals surface area contributed by atoms with Crippen LogP contribution in [0.15, 0.2) is 61.2 Å². The van der Waals surface area contributed by atoms with Crippen LogP contribution in [0.25, 0.3) is 0 Å². The Morgan fingerprint density at radius 2 is 1.77 bits per heavy atom. The highest BCUT2D eigenvalue weighted by Gasteiger charge is 2.41. The van der Waals surface area contributed by atoms with Gasteiger partial charge in [0.25, 0.3) is 5.91 Å². The lowest BCUT2D eigenvalue weighted by Crippen LogP contribution is -2.42. The smallest absolute Gasteiger partial charge is 0.251 e. The van der Waals surface area contributed by atoms with Gasteiger partial charge in [0.15, 0.2) is 0 Å². The standard InChI is InChI=1S/C31H41N3O/c1-3-19-33-20-18-28-16-17-29(22-33)34(28)30(26-9-7-8-23(2)21-26)24-12-14-25(15-13-24)31(35)32-27-10-5-4-6-11-27/h3,7-9,12-15,21,27-30H,1,4-6,10-11,16-20,22H2,2H3,(H,32,35). The summed E-state index contributed by atoms with van der Waals surface area (Å²) in [6.07, 6.45) is 11.7. The zero-order valence-corrected chi connectivity index (χ0v) is 21.3. The number of rotatable bonds is 7. The third kappa shape index (κ3) is 5.54. The molecule has 3 fully saturated rings. The maximum atomic E-state index is 12.9. The minimum atomic E-state index is 0.0745. The van der Waals surface area contributed by atoms with Crippen LogP contribution in [-0.4, -0.2) is 53.5 Å². The van der Waals surface area contributed by atoms with E-state index in [-0.39, 0.29) is 11.9 Å². The molecule has 0 radical (unpaired) electrons. The lowest BCUT2D eigenvalue weighted by Gasteiger charge is -2.37. The van der Waals surface area contributed by atoms with Crippen molar-refractivity contribution in [2.24, 2.45) is 0 Å². The summed E-state index contributed by atoms with van der Waals surface area (Å²) in [6, 6.07) is 19.2. The molecule has 1 aliphatic carbocycles. The fourth-order valence-electron chi connectivity index (χ4n) is 6.66. The molecule has 0 spiro atoms. The number of fused-ring (bicyclic) bond motifs is 2. The van der Waals surface area contributed by atoms with Gasteiger partial charge >= 0.3 is 0 Å². The fraction of sp³-hybridized carbons (Fsp3) is 0.516. The van der Waals surface area contributed by atoms with Crippen molar-refractivity contribution in [2.45, 2.75) is 82.5 Å². The number of amides is 1. The molecule has 3 unspecified atom stereocenters. The summed E-state index contributed by atoms with van der Waals surface area (Å²) in [5, 5.41) is 3.27. The summed E-state index contributed by atoms with van der Waals surface area (Å²) in [7, 11) is 0. The highest BCUT2D eigenvalue weighted by molar-refractivity contribution is 5.94. The predicted molar refractivity (Wildman–Crippen MR) is 144 cm³/mol. The zero-order valence-electron chi connectivity index (χ0n) is 21.3. The number of nitrogens with one attached hydrogen (secondary N) is 1. The molecule has 4 nitrogen and oxygen atoms in total. The van der Waals surface area contributed by atoms with E-state index in [1.165, 1.54) is 55.2 Å². The maximum Gasteiger partial charge on any atom is 0.251 e. The Bertz CT molecular complexity index is 1010. The Balaban J connectivity index is 1.42. The van der Waals surface area contributed by atoms with Crippen LogP contribution in [0.5, 0.6) is 0 Å². The number of hydrogen-bond acceptors (Lipinski definition) is 3. The van der Waals surface area contributed by atoms with E-state index in [2.05, 4.69) is 65.0 Å². The molecular formula is C31H41N3O. The average molecular weight is 472 g/mol. The number of likely N-dealkylation sites (tertiary alicyclic amines) is 1. The first-order valence-electron chi connectivity index (χ1n) is 13.7. The quantitative estimate of drug-likeness (QED) is 0.513. The molecule has 0 aromatic heterocycles. The topological polar surface area (TPSA) is 35.6 Å². The summed E-state index contributed by atoms with van der Waals surface area (Å²) < 4.78 is 0. The minimum Gasteiger partial charge on any atom is -0.349 e. The molecule has 2 bridgehead atoms. The summed E-state index contributed by atoms with van der Waals surface area (Å²) >= 11 is 0. The van der Waals surface area contributed by atoms with Gasteiger partial charge in [-0.3, -0.25) is 14.6 Å². The predicted octanol–water partition coefficient (Wildman–Crippen LogP) is 5.87. The van der Waals surface area contributed by atoms with E-state index >= 15 is 0 Å². The molecule has 3 aliphatic rings. The lowest BCUT2D eigenvalue weighted by molar-refractivity contribution is 0.0927. The van der Waals surface area contributed by atoms with Crippen molar-refractivity contribution in [2.75, 3.05) is 19.6 Å². The van der Waals surface area contributed by atoms with E-state index in [0.717, 1.165) is 38.0 Å². The van der Waals surface area contributed by atoms with Gasteiger partial charge in [0, 0.05) is 43.3 Å². The van der Waals surface area contributed by atoms with Crippen molar-refractivity contribution in [3.8, 4) is 0 Å². The minimum absolute atomic E-state index is 0.0745. The van der Waals surface area contributed by atoms with Crippen LogP contribution in [0.3, 0.4) is 0 Å². The van der Waals surface area contributed by atoms with E-state index in [1.807, 2.05) is 18.2 Å². The molecule has 5 rings (SSSR count). The molecule has 1 amide bonds. The highest BCUT2D eigenvalue weighted by atomic mass is 16.1. The molecule has 1 saturated carbocycles. The Morgan fingerprint density at radius 1 is 1.00 bits per heavy atom. The maximum absolute atomic E-state index is 12.9. The molecule has 2 heterocycles. The summed E-state index contributed by atoms with van der Waals surface area (Å²) in [5.74, 6) is 0.0745. The highest BCUT2D eigenvalue weighted by Crippen LogP contribution is 2.41. The molecule has 4 heteroatoms. The zero-order chi connectivity index (χ0) is 24.2. The number of aryl methyl sites for hydroxylation is 1. The molecule has 2 aliphatic heterocycles. The first-order chi connectivity index (χ1) is 17.1. The molecule has 2 saturated heterocycles. The van der Waals surface area contributed by atoms with Gasteiger partial charge in [0.1, 0.15) is 0 Å². The van der Waals surface area contributed by atoms with E-state index in [0.29, 0.717) is 18.1 Å². The monoisotopic (exact) mass is 471 g/mol. The van der Waals surface area contributed by atoms with E-state index in [4.69, 9.17) is 0 Å². The number of nitrogens with zero attached hydrogens (tertiary/aromatic N) is 2. The third-order valence-electron chi connectivity index (χ3n) is 8.40. The van der Waals surface area contributed by atoms with Crippen LogP contribution in [0, 0.1) is 6.92 Å². The second-order valence-corrected chi connectivity index (χ2v) is 10.9. The fourth-order valence-corrected chi connectivity index (χ4v) is 6.66. The summed E-state index contributed by atoms with van der Waals surface area (Å²) in [5.41, 5.74) is 4.72. The van der Waals surface area contributed by atoms with Crippen molar-refractivity contribution in [1.82, 2.24) is 15.1 Å². The Labute approximate surface area is 211 Å². The number of carbonyl (C=O) groups excluding carboxylic acids is 1. The molecule has 35 heavy (non-hydrogen) atoms. The first kappa shape index (κ1) is 24.3. The molecule has 3 atom stereocenters. The number of benzene rings is 2. The largest absolute Gasteiger partial charge is 0.349 e. The normalized spacial score (nSPS) is 24.6. The number of carbonyl (C=O) groups is 1. The third-order valence-corrected chi connectivity index (χ3v) is 8.40. The van der Waals surface area contributed by atoms with Crippen LogP contribution in [-0.2, 0) is 0 Å². The second-order valence-electron chi connectivity index (χ2n) is 10.9. The van der Waals surface area contributed by atoms with Gasteiger partial charge in [-0.05, 0) is 62.3 Å². The molecular weight excluding hydrogens is 430 g/mol. The molecule has 2 aromatic rings. The van der Waals surface area contributed by atoms with Crippen molar-refractivity contribution in [1.29, 1.82) is 0 Å². The molecule has 186 valence electrons. The summed E-state index contributed by atoms with van der Waals surface area (Å²) in [4.78, 5) is 18.3. The SMILES string of the molecule is C=CCN1CCC2CCC(C1)N2C(c1ccc(C(=O)NC2CCCCC2)cc1)c1cccc(C)c1. The van der Waals surface area contributed by atoms with Gasteiger partial charge < -0.3 is 5.32 Å². The van der Waals surface area contributed by atoms with Crippen LogP contribution >= 0.6 is 0 Å². The van der Waals surface area contributed by atoms with Gasteiger partial charge in [-0.15, -0.1) is 6.58 Å². The van der Waals surface area contributed by atoms with Crippen LogP contribution in [0.1, 0.15) is 84.5 Å². The van der Waals surface area contributed by atoms with Gasteiger partial charge in [0.05, 0.1) is 6.04 Å². The van der Waals surface area contributed by atoms with Crippen molar-refractivity contribution in [3.05, 3.63) is 83.4 Å². The van der Waals surface area contributed by atoms with Gasteiger partial charge in [-0.1, -0.05) is 67.3 Å². The first-order valence-corrected chi connectivity index (χ1v) is 13.7. The van der Waals surface area contributed by atoms with Crippen molar-refractivity contribution >= 4 is 5.91 Å². The Kier molecular flexibility index (Phi) is 7.69.